The fraction of sp³-hybridized carbons (Fsp3) is 0.273. The molecule has 0 aliphatic heterocycles. The van der Waals surface area contributed by atoms with Crippen LogP contribution >= 0.6 is 0 Å². The molecule has 1 aromatic heterocycles. The lowest BCUT2D eigenvalue weighted by atomic mass is 10.2. The molecule has 2 N–H and O–H groups in total. The lowest BCUT2D eigenvalue weighted by Gasteiger charge is -2.05. The van der Waals surface area contributed by atoms with E-state index < -0.39 is 10.0 Å². The van der Waals surface area contributed by atoms with Gasteiger partial charge in [0.25, 0.3) is 10.0 Å². The Bertz CT molecular complexity index is 649. The maximum Gasteiger partial charge on any atom is 0.335 e. The van der Waals surface area contributed by atoms with Gasteiger partial charge in [0.15, 0.2) is 5.82 Å². The Morgan fingerprint density at radius 2 is 1.95 bits per heavy atom. The summed E-state index contributed by atoms with van der Waals surface area (Å²) in [6, 6.07) is 6.39. The van der Waals surface area contributed by atoms with Crippen LogP contribution in [0.3, 0.4) is 0 Å². The van der Waals surface area contributed by atoms with E-state index in [1.165, 1.54) is 12.1 Å². The lowest BCUT2D eigenvalue weighted by molar-refractivity contribution is 0.429. The molecule has 0 saturated heterocycles. The van der Waals surface area contributed by atoms with Crippen molar-refractivity contribution in [2.24, 2.45) is 0 Å². The molecule has 0 radical (unpaired) electrons. The highest BCUT2D eigenvalue weighted by molar-refractivity contribution is 7.92. The van der Waals surface area contributed by atoms with Gasteiger partial charge in [0.05, 0.1) is 4.90 Å². The van der Waals surface area contributed by atoms with Crippen LogP contribution in [0.1, 0.15) is 11.4 Å². The first-order valence-corrected chi connectivity index (χ1v) is 7.06. The Morgan fingerprint density at radius 3 is 2.47 bits per heavy atom. The summed E-state index contributed by atoms with van der Waals surface area (Å²) >= 11 is 0. The Balaban J connectivity index is 2.19. The van der Waals surface area contributed by atoms with Gasteiger partial charge in [-0.25, -0.2) is 13.1 Å². The topological polar surface area (TPSA) is 97.1 Å². The highest BCUT2D eigenvalue weighted by Gasteiger charge is 2.17. The van der Waals surface area contributed by atoms with Gasteiger partial charge in [0, 0.05) is 6.54 Å². The van der Waals surface area contributed by atoms with Crippen LogP contribution in [0, 0.1) is 6.92 Å². The molecular weight excluding hydrogens is 268 g/mol. The first-order chi connectivity index (χ1) is 9.01. The molecule has 8 heteroatoms. The van der Waals surface area contributed by atoms with E-state index in [1.54, 1.807) is 19.1 Å². The Hall–Kier alpha value is -1.93. The summed E-state index contributed by atoms with van der Waals surface area (Å²) in [6.07, 6.45) is 0. The minimum Gasteiger partial charge on any atom is -0.316 e. The summed E-state index contributed by atoms with van der Waals surface area (Å²) in [5.74, 6) is 0.363. The average Bonchev–Trinajstić information content (AvgIpc) is 2.75. The first kappa shape index (κ1) is 13.5. The standard InChI is InChI=1S/C11H14N4O3S/c1-8-13-11(18-14-8)15-19(16,17)10-5-3-9(4-6-10)7-12-2/h3-6,12H,7H2,1-2H3,(H,13,14,15). The van der Waals surface area contributed by atoms with E-state index in [9.17, 15) is 8.42 Å². The van der Waals surface area contributed by atoms with Crippen LogP contribution in [0.4, 0.5) is 6.01 Å². The van der Waals surface area contributed by atoms with E-state index in [0.29, 0.717) is 12.4 Å². The van der Waals surface area contributed by atoms with E-state index in [-0.39, 0.29) is 10.9 Å². The molecule has 2 rings (SSSR count). The number of nitrogens with one attached hydrogen (secondary N) is 2. The maximum absolute atomic E-state index is 12.0. The molecule has 0 aliphatic carbocycles. The van der Waals surface area contributed by atoms with E-state index in [0.717, 1.165) is 5.56 Å². The molecular formula is C11H14N4O3S. The Morgan fingerprint density at radius 1 is 1.26 bits per heavy atom. The van der Waals surface area contributed by atoms with Crippen molar-refractivity contribution in [2.45, 2.75) is 18.4 Å². The molecule has 0 saturated carbocycles. The van der Waals surface area contributed by atoms with Crippen LogP contribution in [-0.2, 0) is 16.6 Å². The van der Waals surface area contributed by atoms with Crippen molar-refractivity contribution in [1.82, 2.24) is 15.5 Å². The molecule has 7 nitrogen and oxygen atoms in total. The molecule has 0 spiro atoms. The van der Waals surface area contributed by atoms with Gasteiger partial charge in [-0.15, -0.1) is 0 Å². The number of sulfonamides is 1. The van der Waals surface area contributed by atoms with Gasteiger partial charge < -0.3 is 9.84 Å². The van der Waals surface area contributed by atoms with Gasteiger partial charge in [-0.05, 0) is 31.7 Å². The third kappa shape index (κ3) is 3.30. The number of rotatable bonds is 5. The molecule has 1 aromatic carbocycles. The van der Waals surface area contributed by atoms with Crippen LogP contribution in [0.5, 0.6) is 0 Å². The van der Waals surface area contributed by atoms with Crippen molar-refractivity contribution < 1.29 is 12.9 Å². The number of aromatic nitrogens is 2. The zero-order chi connectivity index (χ0) is 13.9. The fourth-order valence-electron chi connectivity index (χ4n) is 1.50. The largest absolute Gasteiger partial charge is 0.335 e. The summed E-state index contributed by atoms with van der Waals surface area (Å²) in [4.78, 5) is 3.93. The van der Waals surface area contributed by atoms with Crippen LogP contribution in [-0.4, -0.2) is 25.6 Å². The van der Waals surface area contributed by atoms with E-state index in [4.69, 9.17) is 4.52 Å². The monoisotopic (exact) mass is 282 g/mol. The number of hydrogen-bond acceptors (Lipinski definition) is 6. The van der Waals surface area contributed by atoms with Crippen molar-refractivity contribution in [3.05, 3.63) is 35.7 Å². The van der Waals surface area contributed by atoms with E-state index >= 15 is 0 Å². The smallest absolute Gasteiger partial charge is 0.316 e. The fourth-order valence-corrected chi connectivity index (χ4v) is 2.43. The van der Waals surface area contributed by atoms with Crippen molar-refractivity contribution in [3.63, 3.8) is 0 Å². The molecule has 0 unspecified atom stereocenters. The van der Waals surface area contributed by atoms with Crippen LogP contribution in [0.15, 0.2) is 33.7 Å². The van der Waals surface area contributed by atoms with Gasteiger partial charge in [0.1, 0.15) is 0 Å². The number of benzene rings is 1. The van der Waals surface area contributed by atoms with Crippen LogP contribution in [0.25, 0.3) is 0 Å². The van der Waals surface area contributed by atoms with Crippen molar-refractivity contribution in [2.75, 3.05) is 11.8 Å². The molecule has 0 aliphatic rings. The number of nitrogens with zero attached hydrogens (tertiary/aromatic N) is 2. The van der Waals surface area contributed by atoms with Gasteiger partial charge in [-0.1, -0.05) is 17.3 Å². The molecule has 0 atom stereocenters. The predicted octanol–water partition coefficient (Wildman–Crippen LogP) is 0.898. The number of anilines is 1. The minimum atomic E-state index is -3.70. The van der Waals surface area contributed by atoms with Crippen LogP contribution < -0.4 is 10.0 Å². The summed E-state index contributed by atoms with van der Waals surface area (Å²) < 4.78 is 31.0. The van der Waals surface area contributed by atoms with E-state index in [2.05, 4.69) is 20.2 Å². The average molecular weight is 282 g/mol. The highest BCUT2D eigenvalue weighted by atomic mass is 32.2. The molecule has 2 aromatic rings. The van der Waals surface area contributed by atoms with Crippen molar-refractivity contribution in [3.8, 4) is 0 Å². The van der Waals surface area contributed by atoms with Gasteiger partial charge >= 0.3 is 6.01 Å². The van der Waals surface area contributed by atoms with Gasteiger partial charge in [-0.3, -0.25) is 0 Å². The summed E-state index contributed by atoms with van der Waals surface area (Å²) in [5, 5.41) is 6.50. The summed E-state index contributed by atoms with van der Waals surface area (Å²) in [5.41, 5.74) is 0.995. The SMILES string of the molecule is CNCc1ccc(S(=O)(=O)Nc2nc(C)no2)cc1. The Labute approximate surface area is 111 Å². The van der Waals surface area contributed by atoms with Crippen LogP contribution in [0.2, 0.25) is 0 Å². The summed E-state index contributed by atoms with van der Waals surface area (Å²) in [7, 11) is -1.87. The third-order valence-electron chi connectivity index (χ3n) is 2.36. The van der Waals surface area contributed by atoms with Gasteiger partial charge in [-0.2, -0.15) is 4.98 Å². The molecule has 0 amide bonds. The summed E-state index contributed by atoms with van der Waals surface area (Å²) in [6.45, 7) is 2.28. The minimum absolute atomic E-state index is 0.142. The highest BCUT2D eigenvalue weighted by Crippen LogP contribution is 2.15. The second-order valence-corrected chi connectivity index (χ2v) is 5.61. The normalized spacial score (nSPS) is 11.5. The molecule has 102 valence electrons. The van der Waals surface area contributed by atoms with Crippen molar-refractivity contribution >= 4 is 16.0 Å². The zero-order valence-corrected chi connectivity index (χ0v) is 11.4. The molecule has 19 heavy (non-hydrogen) atoms. The van der Waals surface area contributed by atoms with E-state index in [1.807, 2.05) is 7.05 Å². The van der Waals surface area contributed by atoms with Crippen molar-refractivity contribution in [1.29, 1.82) is 0 Å². The molecule has 0 bridgehead atoms. The third-order valence-corrected chi connectivity index (χ3v) is 3.70. The maximum atomic E-state index is 12.0. The predicted molar refractivity (Wildman–Crippen MR) is 69.0 cm³/mol. The molecule has 1 heterocycles. The quantitative estimate of drug-likeness (QED) is 0.845. The Kier molecular flexibility index (Phi) is 3.82. The number of aryl methyl sites for hydroxylation is 1. The number of hydrogen-bond donors (Lipinski definition) is 2. The zero-order valence-electron chi connectivity index (χ0n) is 10.5. The first-order valence-electron chi connectivity index (χ1n) is 5.58. The lowest BCUT2D eigenvalue weighted by Crippen LogP contribution is -2.13. The second kappa shape index (κ2) is 5.37. The second-order valence-electron chi connectivity index (χ2n) is 3.93. The van der Waals surface area contributed by atoms with Gasteiger partial charge in [0.2, 0.25) is 0 Å². The molecule has 0 fully saturated rings.